The van der Waals surface area contributed by atoms with E-state index in [1.54, 1.807) is 24.3 Å². The molecule has 0 aliphatic carbocycles. The van der Waals surface area contributed by atoms with Crippen LogP contribution in [0.25, 0.3) is 0 Å². The lowest BCUT2D eigenvalue weighted by Crippen LogP contribution is -2.28. The molecule has 2 aromatic carbocycles. The summed E-state index contributed by atoms with van der Waals surface area (Å²) < 4.78 is 28.4. The fourth-order valence-electron chi connectivity index (χ4n) is 2.24. The zero-order valence-corrected chi connectivity index (χ0v) is 15.1. The number of nitrogens with two attached hydrogens (primary N) is 1. The number of nitrogens with zero attached hydrogens (tertiary/aromatic N) is 2. The number of rotatable bonds is 8. The lowest BCUT2D eigenvalue weighted by atomic mass is 10.1. The van der Waals surface area contributed by atoms with Crippen LogP contribution in [-0.4, -0.2) is 22.1 Å². The minimum atomic E-state index is -0.629. The summed E-state index contributed by atoms with van der Waals surface area (Å²) in [4.78, 5) is 26.8. The highest BCUT2D eigenvalue weighted by molar-refractivity contribution is 5.89. The summed E-state index contributed by atoms with van der Waals surface area (Å²) in [6, 6.07) is 11.4. The average Bonchev–Trinajstić information content (AvgIpc) is 3.18. The minimum Gasteiger partial charge on any atom is -0.485 e. The fourth-order valence-corrected chi connectivity index (χ4v) is 2.24. The van der Waals surface area contributed by atoms with Crippen molar-refractivity contribution in [3.05, 3.63) is 77.2 Å². The maximum Gasteiger partial charge on any atom is 0.338 e. The first-order valence-electron chi connectivity index (χ1n) is 8.49. The van der Waals surface area contributed by atoms with E-state index in [9.17, 15) is 14.0 Å². The summed E-state index contributed by atoms with van der Waals surface area (Å²) >= 11 is 0. The summed E-state index contributed by atoms with van der Waals surface area (Å²) in [5.74, 6) is -0.108. The van der Waals surface area contributed by atoms with Gasteiger partial charge < -0.3 is 25.0 Å². The predicted molar refractivity (Wildman–Crippen MR) is 97.0 cm³/mol. The highest BCUT2D eigenvalue weighted by Gasteiger charge is 2.12. The van der Waals surface area contributed by atoms with Crippen molar-refractivity contribution in [3.63, 3.8) is 0 Å². The van der Waals surface area contributed by atoms with Gasteiger partial charge in [0.25, 0.3) is 5.89 Å². The average molecular weight is 400 g/mol. The first-order valence-corrected chi connectivity index (χ1v) is 8.49. The number of carbonyl (C=O) groups is 2. The standard InChI is InChI=1S/C19H17FN4O5/c20-14-5-7-15(8-6-14)27-10-16-23-17(29-24-16)11-28-18(25)13-3-1-12(2-4-13)9-22-19(21)26/h1-8H,9-11H2,(H3,21,22,26). The van der Waals surface area contributed by atoms with Gasteiger partial charge in [-0.15, -0.1) is 0 Å². The van der Waals surface area contributed by atoms with E-state index in [0.717, 1.165) is 5.56 Å². The monoisotopic (exact) mass is 400 g/mol. The van der Waals surface area contributed by atoms with Crippen LogP contribution in [0.3, 0.4) is 0 Å². The molecule has 0 saturated heterocycles. The molecule has 0 fully saturated rings. The summed E-state index contributed by atoms with van der Waals surface area (Å²) in [5, 5.41) is 6.18. The molecule has 150 valence electrons. The molecule has 9 nitrogen and oxygen atoms in total. The number of urea groups is 1. The quantitative estimate of drug-likeness (QED) is 0.555. The van der Waals surface area contributed by atoms with Crippen LogP contribution in [0.15, 0.2) is 53.1 Å². The molecule has 10 heteroatoms. The fraction of sp³-hybridized carbons (Fsp3) is 0.158. The minimum absolute atomic E-state index is 0.0177. The van der Waals surface area contributed by atoms with E-state index >= 15 is 0 Å². The largest absolute Gasteiger partial charge is 0.485 e. The van der Waals surface area contributed by atoms with Gasteiger partial charge in [-0.25, -0.2) is 14.0 Å². The van der Waals surface area contributed by atoms with Crippen molar-refractivity contribution in [2.24, 2.45) is 5.73 Å². The second-order valence-electron chi connectivity index (χ2n) is 5.84. The van der Waals surface area contributed by atoms with Crippen LogP contribution in [0, 0.1) is 5.82 Å². The lowest BCUT2D eigenvalue weighted by molar-refractivity contribution is 0.0429. The molecule has 0 saturated carbocycles. The van der Waals surface area contributed by atoms with E-state index in [-0.39, 0.29) is 37.3 Å². The van der Waals surface area contributed by atoms with Crippen molar-refractivity contribution in [2.45, 2.75) is 19.8 Å². The molecule has 0 bridgehead atoms. The Hall–Kier alpha value is -3.95. The van der Waals surface area contributed by atoms with E-state index in [0.29, 0.717) is 11.3 Å². The molecule has 3 rings (SSSR count). The number of aromatic nitrogens is 2. The molecule has 2 amide bonds. The van der Waals surface area contributed by atoms with Crippen molar-refractivity contribution in [1.82, 2.24) is 15.5 Å². The second kappa shape index (κ2) is 9.31. The molecule has 3 N–H and O–H groups in total. The topological polar surface area (TPSA) is 130 Å². The van der Waals surface area contributed by atoms with Crippen LogP contribution in [0.1, 0.15) is 27.6 Å². The summed E-state index contributed by atoms with van der Waals surface area (Å²) in [7, 11) is 0. The van der Waals surface area contributed by atoms with Gasteiger partial charge in [0.05, 0.1) is 5.56 Å². The van der Waals surface area contributed by atoms with Crippen LogP contribution in [0.2, 0.25) is 0 Å². The maximum atomic E-state index is 12.9. The van der Waals surface area contributed by atoms with Crippen molar-refractivity contribution in [1.29, 1.82) is 0 Å². The molecule has 0 aliphatic heterocycles. The number of halogens is 1. The highest BCUT2D eigenvalue weighted by Crippen LogP contribution is 2.13. The Kier molecular flexibility index (Phi) is 6.36. The number of ether oxygens (including phenoxy) is 2. The third-order valence-electron chi connectivity index (χ3n) is 3.67. The van der Waals surface area contributed by atoms with E-state index in [1.165, 1.54) is 24.3 Å². The predicted octanol–water partition coefficient (Wildman–Crippen LogP) is 2.31. The molecule has 0 aliphatic rings. The van der Waals surface area contributed by atoms with E-state index in [4.69, 9.17) is 19.7 Å². The first-order chi connectivity index (χ1) is 14.0. The van der Waals surface area contributed by atoms with Gasteiger partial charge in [0.1, 0.15) is 11.6 Å². The Morgan fingerprint density at radius 2 is 1.79 bits per heavy atom. The summed E-state index contributed by atoms with van der Waals surface area (Å²) in [5.41, 5.74) is 6.11. The summed E-state index contributed by atoms with van der Waals surface area (Å²) in [6.07, 6.45) is 0. The Bertz CT molecular complexity index is 973. The zero-order chi connectivity index (χ0) is 20.6. The van der Waals surface area contributed by atoms with Crippen LogP contribution < -0.4 is 15.8 Å². The number of benzene rings is 2. The van der Waals surface area contributed by atoms with Crippen molar-refractivity contribution in [3.8, 4) is 5.75 Å². The molecular formula is C19H17FN4O5. The summed E-state index contributed by atoms with van der Waals surface area (Å²) in [6.45, 7) is 0.0761. The first kappa shape index (κ1) is 19.8. The van der Waals surface area contributed by atoms with Gasteiger partial charge in [0, 0.05) is 6.54 Å². The van der Waals surface area contributed by atoms with Gasteiger partial charge in [-0.05, 0) is 42.0 Å². The highest BCUT2D eigenvalue weighted by atomic mass is 19.1. The van der Waals surface area contributed by atoms with Gasteiger partial charge in [-0.3, -0.25) is 0 Å². The Morgan fingerprint density at radius 1 is 1.07 bits per heavy atom. The number of esters is 1. The van der Waals surface area contributed by atoms with Crippen LogP contribution in [-0.2, 0) is 24.5 Å². The van der Waals surface area contributed by atoms with Crippen LogP contribution in [0.4, 0.5) is 9.18 Å². The van der Waals surface area contributed by atoms with Gasteiger partial charge in [-0.2, -0.15) is 4.98 Å². The van der Waals surface area contributed by atoms with Crippen molar-refractivity contribution in [2.75, 3.05) is 0 Å². The van der Waals surface area contributed by atoms with Gasteiger partial charge >= 0.3 is 12.0 Å². The lowest BCUT2D eigenvalue weighted by Gasteiger charge is -2.04. The van der Waals surface area contributed by atoms with E-state index in [2.05, 4.69) is 15.5 Å². The maximum absolute atomic E-state index is 12.9. The zero-order valence-electron chi connectivity index (χ0n) is 15.1. The normalized spacial score (nSPS) is 10.4. The third kappa shape index (κ3) is 6.03. The Balaban J connectivity index is 1.46. The third-order valence-corrected chi connectivity index (χ3v) is 3.67. The van der Waals surface area contributed by atoms with Crippen LogP contribution >= 0.6 is 0 Å². The molecule has 1 aromatic heterocycles. The molecule has 0 spiro atoms. The van der Waals surface area contributed by atoms with Gasteiger partial charge in [0.2, 0.25) is 5.82 Å². The number of nitrogens with one attached hydrogen (secondary N) is 1. The number of hydrogen-bond donors (Lipinski definition) is 2. The second-order valence-corrected chi connectivity index (χ2v) is 5.84. The Labute approximate surface area is 164 Å². The number of hydrogen-bond acceptors (Lipinski definition) is 7. The van der Waals surface area contributed by atoms with Crippen molar-refractivity contribution < 1.29 is 28.0 Å². The molecule has 1 heterocycles. The van der Waals surface area contributed by atoms with Gasteiger partial charge in [0.15, 0.2) is 13.2 Å². The van der Waals surface area contributed by atoms with Crippen LogP contribution in [0.5, 0.6) is 5.75 Å². The van der Waals surface area contributed by atoms with E-state index in [1.807, 2.05) is 0 Å². The Morgan fingerprint density at radius 3 is 2.48 bits per heavy atom. The number of amides is 2. The number of carbonyl (C=O) groups excluding carboxylic acids is 2. The molecular weight excluding hydrogens is 383 g/mol. The number of primary amides is 1. The van der Waals surface area contributed by atoms with Gasteiger partial charge in [-0.1, -0.05) is 17.3 Å². The molecule has 3 aromatic rings. The van der Waals surface area contributed by atoms with Crippen molar-refractivity contribution >= 4 is 12.0 Å². The SMILES string of the molecule is NC(=O)NCc1ccc(C(=O)OCc2nc(COc3ccc(F)cc3)no2)cc1. The molecule has 0 radical (unpaired) electrons. The molecule has 0 unspecified atom stereocenters. The molecule has 0 atom stereocenters. The molecule has 29 heavy (non-hydrogen) atoms. The smallest absolute Gasteiger partial charge is 0.338 e. The van der Waals surface area contributed by atoms with E-state index < -0.39 is 12.0 Å².